The first kappa shape index (κ1) is 12.9. The van der Waals surface area contributed by atoms with Crippen LogP contribution in [0.25, 0.3) is 0 Å². The minimum absolute atomic E-state index is 0.300. The largest absolute Gasteiger partial charge is 0.376 e. The van der Waals surface area contributed by atoms with Gasteiger partial charge in [0.25, 0.3) is 0 Å². The van der Waals surface area contributed by atoms with Gasteiger partial charge in [0.1, 0.15) is 0 Å². The number of benzene rings is 1. The molecule has 4 heteroatoms. The third-order valence-electron chi connectivity index (χ3n) is 3.15. The van der Waals surface area contributed by atoms with Gasteiger partial charge in [0.05, 0.1) is 11.8 Å². The van der Waals surface area contributed by atoms with Crippen LogP contribution in [0.3, 0.4) is 0 Å². The first-order chi connectivity index (χ1) is 8.79. The van der Waals surface area contributed by atoms with Crippen molar-refractivity contribution in [3.05, 3.63) is 30.3 Å². The predicted molar refractivity (Wildman–Crippen MR) is 73.9 cm³/mol. The summed E-state index contributed by atoms with van der Waals surface area (Å²) in [6.07, 6.45) is 2.57. The van der Waals surface area contributed by atoms with Crippen LogP contribution in [0, 0.1) is 0 Å². The highest BCUT2D eigenvalue weighted by molar-refractivity contribution is 5.81. The molecule has 18 heavy (non-hydrogen) atoms. The molecular weight excluding hydrogens is 226 g/mol. The molecule has 1 aliphatic heterocycles. The second kappa shape index (κ2) is 6.40. The Balaban J connectivity index is 2.00. The fourth-order valence-electron chi connectivity index (χ4n) is 2.12. The van der Waals surface area contributed by atoms with Crippen molar-refractivity contribution in [1.82, 2.24) is 4.90 Å². The Morgan fingerprint density at radius 2 is 2.22 bits per heavy atom. The quantitative estimate of drug-likeness (QED) is 0.655. The fourth-order valence-corrected chi connectivity index (χ4v) is 2.12. The first-order valence-corrected chi connectivity index (χ1v) is 6.55. The molecule has 1 saturated heterocycles. The van der Waals surface area contributed by atoms with E-state index in [9.17, 15) is 0 Å². The highest BCUT2D eigenvalue weighted by atomic mass is 16.5. The SMILES string of the molecule is CCN(CC1CCCO1)C(N)=Nc1ccccc1. The fraction of sp³-hybridized carbons (Fsp3) is 0.500. The van der Waals surface area contributed by atoms with Crippen molar-refractivity contribution in [1.29, 1.82) is 0 Å². The molecule has 2 N–H and O–H groups in total. The number of rotatable bonds is 4. The van der Waals surface area contributed by atoms with E-state index in [1.807, 2.05) is 30.3 Å². The van der Waals surface area contributed by atoms with E-state index in [1.165, 1.54) is 0 Å². The Hall–Kier alpha value is -1.55. The lowest BCUT2D eigenvalue weighted by atomic mass is 10.2. The predicted octanol–water partition coefficient (Wildman–Crippen LogP) is 2.13. The summed E-state index contributed by atoms with van der Waals surface area (Å²) in [5.74, 6) is 0.569. The number of aliphatic imine (C=N–C) groups is 1. The minimum atomic E-state index is 0.300. The molecule has 0 spiro atoms. The van der Waals surface area contributed by atoms with Crippen LogP contribution in [-0.2, 0) is 4.74 Å². The summed E-state index contributed by atoms with van der Waals surface area (Å²) in [6, 6.07) is 9.80. The average Bonchev–Trinajstić information content (AvgIpc) is 2.90. The maximum Gasteiger partial charge on any atom is 0.196 e. The van der Waals surface area contributed by atoms with E-state index in [2.05, 4.69) is 16.8 Å². The third-order valence-corrected chi connectivity index (χ3v) is 3.15. The van der Waals surface area contributed by atoms with E-state index in [0.29, 0.717) is 12.1 Å². The van der Waals surface area contributed by atoms with Gasteiger partial charge in [-0.2, -0.15) is 0 Å². The monoisotopic (exact) mass is 247 g/mol. The van der Waals surface area contributed by atoms with E-state index in [4.69, 9.17) is 10.5 Å². The minimum Gasteiger partial charge on any atom is -0.376 e. The zero-order valence-corrected chi connectivity index (χ0v) is 10.9. The molecule has 0 saturated carbocycles. The van der Waals surface area contributed by atoms with Crippen LogP contribution in [0.4, 0.5) is 5.69 Å². The molecule has 1 aromatic carbocycles. The molecular formula is C14H21N3O. The van der Waals surface area contributed by atoms with Crippen molar-refractivity contribution in [3.8, 4) is 0 Å². The van der Waals surface area contributed by atoms with Crippen LogP contribution < -0.4 is 5.73 Å². The highest BCUT2D eigenvalue weighted by Crippen LogP contribution is 2.14. The van der Waals surface area contributed by atoms with Gasteiger partial charge in [-0.25, -0.2) is 4.99 Å². The molecule has 98 valence electrons. The molecule has 1 aliphatic rings. The summed E-state index contributed by atoms with van der Waals surface area (Å²) in [5, 5.41) is 0. The summed E-state index contributed by atoms with van der Waals surface area (Å²) >= 11 is 0. The Morgan fingerprint density at radius 3 is 2.83 bits per heavy atom. The number of hydrogen-bond donors (Lipinski definition) is 1. The van der Waals surface area contributed by atoms with E-state index in [-0.39, 0.29) is 0 Å². The molecule has 1 heterocycles. The third kappa shape index (κ3) is 3.47. The van der Waals surface area contributed by atoms with Gasteiger partial charge in [-0.05, 0) is 31.9 Å². The topological polar surface area (TPSA) is 50.9 Å². The Morgan fingerprint density at radius 1 is 1.44 bits per heavy atom. The highest BCUT2D eigenvalue weighted by Gasteiger charge is 2.19. The van der Waals surface area contributed by atoms with Gasteiger partial charge in [0.2, 0.25) is 0 Å². The van der Waals surface area contributed by atoms with Gasteiger partial charge in [-0.15, -0.1) is 0 Å². The number of likely N-dealkylation sites (N-methyl/N-ethyl adjacent to an activating group) is 1. The van der Waals surface area contributed by atoms with Crippen molar-refractivity contribution in [2.45, 2.75) is 25.9 Å². The molecule has 1 atom stereocenters. The standard InChI is InChI=1S/C14H21N3O/c1-2-17(11-13-9-6-10-18-13)14(15)16-12-7-4-3-5-8-12/h3-5,7-8,13H,2,6,9-11H2,1H3,(H2,15,16). The summed E-state index contributed by atoms with van der Waals surface area (Å²) in [5.41, 5.74) is 6.95. The summed E-state index contributed by atoms with van der Waals surface area (Å²) < 4.78 is 5.63. The zero-order valence-electron chi connectivity index (χ0n) is 10.9. The molecule has 1 aromatic rings. The lowest BCUT2D eigenvalue weighted by Crippen LogP contribution is -2.41. The molecule has 1 unspecified atom stereocenters. The van der Waals surface area contributed by atoms with Gasteiger partial charge in [-0.3, -0.25) is 0 Å². The van der Waals surface area contributed by atoms with Crippen molar-refractivity contribution < 1.29 is 4.74 Å². The molecule has 0 aromatic heterocycles. The first-order valence-electron chi connectivity index (χ1n) is 6.55. The lowest BCUT2D eigenvalue weighted by Gasteiger charge is -2.24. The van der Waals surface area contributed by atoms with Crippen LogP contribution in [0.2, 0.25) is 0 Å². The summed E-state index contributed by atoms with van der Waals surface area (Å²) in [6.45, 7) is 4.64. The van der Waals surface area contributed by atoms with E-state index in [1.54, 1.807) is 0 Å². The molecule has 0 radical (unpaired) electrons. The van der Waals surface area contributed by atoms with Gasteiger partial charge in [-0.1, -0.05) is 18.2 Å². The van der Waals surface area contributed by atoms with Crippen LogP contribution in [-0.4, -0.2) is 36.7 Å². The molecule has 0 amide bonds. The van der Waals surface area contributed by atoms with Crippen molar-refractivity contribution >= 4 is 11.6 Å². The van der Waals surface area contributed by atoms with Gasteiger partial charge in [0, 0.05) is 19.7 Å². The number of guanidine groups is 1. The second-order valence-electron chi connectivity index (χ2n) is 4.48. The Kier molecular flexibility index (Phi) is 4.59. The van der Waals surface area contributed by atoms with E-state index < -0.39 is 0 Å². The summed E-state index contributed by atoms with van der Waals surface area (Å²) in [7, 11) is 0. The second-order valence-corrected chi connectivity index (χ2v) is 4.48. The lowest BCUT2D eigenvalue weighted by molar-refractivity contribution is 0.0920. The van der Waals surface area contributed by atoms with Crippen molar-refractivity contribution in [3.63, 3.8) is 0 Å². The molecule has 0 bridgehead atoms. The van der Waals surface area contributed by atoms with Crippen LogP contribution in [0.5, 0.6) is 0 Å². The van der Waals surface area contributed by atoms with E-state index in [0.717, 1.165) is 38.2 Å². The molecule has 1 fully saturated rings. The van der Waals surface area contributed by atoms with E-state index >= 15 is 0 Å². The Bertz CT molecular complexity index is 385. The maximum atomic E-state index is 6.06. The van der Waals surface area contributed by atoms with Gasteiger partial charge in [0.15, 0.2) is 5.96 Å². The average molecular weight is 247 g/mol. The maximum absolute atomic E-state index is 6.06. The smallest absolute Gasteiger partial charge is 0.196 e. The number of nitrogens with two attached hydrogens (primary N) is 1. The zero-order chi connectivity index (χ0) is 12.8. The normalized spacial score (nSPS) is 20.1. The Labute approximate surface area is 108 Å². The molecule has 2 rings (SSSR count). The van der Waals surface area contributed by atoms with Crippen molar-refractivity contribution in [2.24, 2.45) is 10.7 Å². The van der Waals surface area contributed by atoms with Gasteiger partial charge < -0.3 is 15.4 Å². The van der Waals surface area contributed by atoms with Gasteiger partial charge >= 0.3 is 0 Å². The van der Waals surface area contributed by atoms with Crippen molar-refractivity contribution in [2.75, 3.05) is 19.7 Å². The van der Waals surface area contributed by atoms with Crippen LogP contribution >= 0.6 is 0 Å². The summed E-state index contributed by atoms with van der Waals surface area (Å²) in [4.78, 5) is 6.51. The number of nitrogens with zero attached hydrogens (tertiary/aromatic N) is 2. The number of para-hydroxylation sites is 1. The number of ether oxygens (including phenoxy) is 1. The van der Waals surface area contributed by atoms with Crippen LogP contribution in [0.15, 0.2) is 35.3 Å². The molecule has 4 nitrogen and oxygen atoms in total. The van der Waals surface area contributed by atoms with Crippen LogP contribution in [0.1, 0.15) is 19.8 Å². The molecule has 0 aliphatic carbocycles. The number of hydrogen-bond acceptors (Lipinski definition) is 2.